The van der Waals surface area contributed by atoms with E-state index in [1.54, 1.807) is 0 Å². The summed E-state index contributed by atoms with van der Waals surface area (Å²) >= 11 is 1.47. The number of rotatable bonds is 7. The highest BCUT2D eigenvalue weighted by Crippen LogP contribution is 2.57. The van der Waals surface area contributed by atoms with E-state index in [0.29, 0.717) is 35.5 Å². The number of ether oxygens (including phenoxy) is 1. The molecule has 5 aromatic rings. The van der Waals surface area contributed by atoms with Gasteiger partial charge >= 0.3 is 5.97 Å². The smallest absolute Gasteiger partial charge is 0.358 e. The van der Waals surface area contributed by atoms with Crippen LogP contribution >= 0.6 is 11.3 Å². The molecular weight excluding hydrogens is 669 g/mol. The lowest BCUT2D eigenvalue weighted by atomic mass is 9.52. The summed E-state index contributed by atoms with van der Waals surface area (Å²) in [5, 5.41) is 8.52. The second-order valence-corrected chi connectivity index (χ2v) is 17.6. The third-order valence-electron chi connectivity index (χ3n) is 12.0. The van der Waals surface area contributed by atoms with Gasteiger partial charge in [0.1, 0.15) is 11.4 Å². The summed E-state index contributed by atoms with van der Waals surface area (Å²) in [6.07, 6.45) is 9.64. The van der Waals surface area contributed by atoms with Crippen molar-refractivity contribution < 1.29 is 14.3 Å². The van der Waals surface area contributed by atoms with E-state index in [1.165, 1.54) is 43.4 Å². The first-order valence-electron chi connectivity index (χ1n) is 18.9. The largest absolute Gasteiger partial charge is 0.455 e. The van der Waals surface area contributed by atoms with Crippen molar-refractivity contribution in [1.29, 1.82) is 0 Å². The third kappa shape index (κ3) is 6.18. The second-order valence-electron chi connectivity index (χ2n) is 16.5. The Kier molecular flexibility index (Phi) is 8.21. The molecule has 1 aliphatic heterocycles. The first-order valence-corrected chi connectivity index (χ1v) is 19.7. The van der Waals surface area contributed by atoms with Gasteiger partial charge in [0.05, 0.1) is 16.4 Å². The van der Waals surface area contributed by atoms with Gasteiger partial charge in [0.25, 0.3) is 5.91 Å². The van der Waals surface area contributed by atoms with Crippen molar-refractivity contribution in [2.75, 3.05) is 16.8 Å². The summed E-state index contributed by atoms with van der Waals surface area (Å²) in [5.74, 6) is 4.23. The Morgan fingerprint density at radius 3 is 2.44 bits per heavy atom. The topological polar surface area (TPSA) is 102 Å². The Morgan fingerprint density at radius 1 is 0.923 bits per heavy atom. The summed E-state index contributed by atoms with van der Waals surface area (Å²) in [6.45, 7) is 9.89. The molecule has 0 atom stereocenters. The zero-order valence-electron chi connectivity index (χ0n) is 30.4. The molecule has 268 valence electrons. The van der Waals surface area contributed by atoms with Crippen LogP contribution in [-0.4, -0.2) is 43.8 Å². The predicted octanol–water partition coefficient (Wildman–Crippen LogP) is 8.71. The predicted molar refractivity (Wildman–Crippen MR) is 205 cm³/mol. The van der Waals surface area contributed by atoms with Gasteiger partial charge in [0, 0.05) is 42.0 Å². The Hall–Kier alpha value is -4.57. The molecule has 4 saturated carbocycles. The van der Waals surface area contributed by atoms with Gasteiger partial charge in [-0.25, -0.2) is 14.8 Å². The summed E-state index contributed by atoms with van der Waals surface area (Å²) in [5.41, 5.74) is 5.90. The van der Waals surface area contributed by atoms with Crippen LogP contribution in [-0.2, 0) is 24.2 Å². The van der Waals surface area contributed by atoms with E-state index in [2.05, 4.69) is 32.9 Å². The Bertz CT molecular complexity index is 2140. The quantitative estimate of drug-likeness (QED) is 0.168. The lowest BCUT2D eigenvalue weighted by molar-refractivity contribution is -0.0444. The number of esters is 1. The highest BCUT2D eigenvalue weighted by molar-refractivity contribution is 7.22. The zero-order valence-corrected chi connectivity index (χ0v) is 31.2. The average Bonchev–Trinajstić information content (AvgIpc) is 3.69. The number of aromatic nitrogens is 4. The SMILES string of the molecule is Cc1c(-c2ccc(N3CCc4cccc(C(=O)Nc5nc6ccccc6s5)c4C3)nc2C(=O)OC(C)(C)C)cnn1CC1C2CC3CC(C2)CC1C3. The molecule has 9 nitrogen and oxygen atoms in total. The summed E-state index contributed by atoms with van der Waals surface area (Å²) in [6, 6.07) is 17.8. The zero-order chi connectivity index (χ0) is 35.7. The minimum atomic E-state index is -0.680. The summed E-state index contributed by atoms with van der Waals surface area (Å²) in [7, 11) is 0. The maximum absolute atomic E-state index is 13.9. The molecule has 4 fully saturated rings. The summed E-state index contributed by atoms with van der Waals surface area (Å²) < 4.78 is 9.15. The van der Waals surface area contributed by atoms with E-state index < -0.39 is 11.6 Å². The van der Waals surface area contributed by atoms with Crippen LogP contribution in [0.3, 0.4) is 0 Å². The maximum Gasteiger partial charge on any atom is 0.358 e. The molecule has 4 heterocycles. The highest BCUT2D eigenvalue weighted by Gasteiger charge is 2.48. The van der Waals surface area contributed by atoms with E-state index in [9.17, 15) is 9.59 Å². The van der Waals surface area contributed by atoms with Crippen LogP contribution in [0.2, 0.25) is 0 Å². The molecule has 4 aliphatic carbocycles. The first-order chi connectivity index (χ1) is 25.1. The van der Waals surface area contributed by atoms with E-state index in [4.69, 9.17) is 14.8 Å². The molecule has 10 heteroatoms. The van der Waals surface area contributed by atoms with Crippen LogP contribution in [0.4, 0.5) is 10.9 Å². The maximum atomic E-state index is 13.9. The summed E-state index contributed by atoms with van der Waals surface area (Å²) in [4.78, 5) is 39.3. The Balaban J connectivity index is 0.997. The molecule has 10 rings (SSSR count). The molecule has 4 bridgehead atoms. The normalized spacial score (nSPS) is 23.5. The van der Waals surface area contributed by atoms with Crippen LogP contribution in [0.15, 0.2) is 60.8 Å². The van der Waals surface area contributed by atoms with Gasteiger partial charge in [-0.1, -0.05) is 35.6 Å². The molecule has 0 unspecified atom stereocenters. The van der Waals surface area contributed by atoms with Crippen molar-refractivity contribution >= 4 is 44.4 Å². The molecule has 1 N–H and O–H groups in total. The number of carbonyl (C=O) groups is 2. The fourth-order valence-electron chi connectivity index (χ4n) is 9.83. The number of carbonyl (C=O) groups excluding carboxylic acids is 2. The molecule has 0 spiro atoms. The number of hydrogen-bond donors (Lipinski definition) is 1. The van der Waals surface area contributed by atoms with Gasteiger partial charge in [-0.2, -0.15) is 5.10 Å². The van der Waals surface area contributed by atoms with Crippen LogP contribution in [0, 0.1) is 36.5 Å². The molecule has 2 aromatic carbocycles. The van der Waals surface area contributed by atoms with Gasteiger partial charge < -0.3 is 9.64 Å². The van der Waals surface area contributed by atoms with Crippen molar-refractivity contribution in [2.24, 2.45) is 29.6 Å². The molecule has 5 aliphatic rings. The van der Waals surface area contributed by atoms with Crippen molar-refractivity contribution in [3.05, 3.63) is 88.9 Å². The monoisotopic (exact) mass is 714 g/mol. The number of hydrogen-bond acceptors (Lipinski definition) is 8. The van der Waals surface area contributed by atoms with Crippen molar-refractivity contribution in [3.8, 4) is 11.1 Å². The number of benzene rings is 2. The first kappa shape index (κ1) is 33.3. The minimum Gasteiger partial charge on any atom is -0.455 e. The molecule has 0 saturated heterocycles. The molecule has 1 amide bonds. The van der Waals surface area contributed by atoms with E-state index in [-0.39, 0.29) is 11.6 Å². The van der Waals surface area contributed by atoms with Gasteiger partial charge in [-0.3, -0.25) is 14.8 Å². The standard InChI is InChI=1S/C42H46N6O3S/c1-24-32(21-43-48(24)23-33-28-17-25-16-26(19-28)20-29(33)18-25)30-12-13-37(45-38(30)40(50)51-42(2,3)4)47-15-14-27-8-7-9-31(34(27)22-47)39(49)46-41-44-35-10-5-6-11-36(35)52-41/h5-13,21,25-26,28-29,33H,14-20,22-23H2,1-4H3,(H,44,46,49). The van der Waals surface area contributed by atoms with Gasteiger partial charge in [-0.05, 0) is 137 Å². The van der Waals surface area contributed by atoms with Crippen LogP contribution in [0.1, 0.15) is 90.5 Å². The van der Waals surface area contributed by atoms with Crippen LogP contribution in [0.5, 0.6) is 0 Å². The average molecular weight is 715 g/mol. The van der Waals surface area contributed by atoms with E-state index >= 15 is 0 Å². The second kappa shape index (κ2) is 12.8. The van der Waals surface area contributed by atoms with Gasteiger partial charge in [0.15, 0.2) is 10.8 Å². The van der Waals surface area contributed by atoms with Crippen molar-refractivity contribution in [1.82, 2.24) is 19.7 Å². The van der Waals surface area contributed by atoms with E-state index in [0.717, 1.165) is 74.8 Å². The lowest BCUT2D eigenvalue weighted by Crippen LogP contribution is -2.46. The minimum absolute atomic E-state index is 0.184. The number of fused-ring (bicyclic) bond motifs is 2. The number of nitrogens with one attached hydrogen (secondary N) is 1. The number of anilines is 2. The number of pyridine rings is 1. The lowest BCUT2D eigenvalue weighted by Gasteiger charge is -2.54. The number of nitrogens with zero attached hydrogens (tertiary/aromatic N) is 5. The van der Waals surface area contributed by atoms with E-state index in [1.807, 2.05) is 75.5 Å². The third-order valence-corrected chi connectivity index (χ3v) is 13.0. The van der Waals surface area contributed by atoms with Crippen LogP contribution < -0.4 is 10.2 Å². The Morgan fingerprint density at radius 2 is 1.69 bits per heavy atom. The Labute approximate surface area is 308 Å². The highest BCUT2D eigenvalue weighted by atomic mass is 32.1. The van der Waals surface area contributed by atoms with Crippen molar-refractivity contribution in [2.45, 2.75) is 84.9 Å². The van der Waals surface area contributed by atoms with Gasteiger partial charge in [0.2, 0.25) is 0 Å². The fourth-order valence-corrected chi connectivity index (χ4v) is 10.7. The van der Waals surface area contributed by atoms with Gasteiger partial charge in [-0.15, -0.1) is 0 Å². The number of amides is 1. The molecular formula is C42H46N6O3S. The fraction of sp³-hybridized carbons (Fsp3) is 0.452. The molecule has 52 heavy (non-hydrogen) atoms. The van der Waals surface area contributed by atoms with Crippen molar-refractivity contribution in [3.63, 3.8) is 0 Å². The van der Waals surface area contributed by atoms with Crippen LogP contribution in [0.25, 0.3) is 21.3 Å². The molecule has 0 radical (unpaired) electrons. The molecule has 3 aromatic heterocycles. The number of thiazole rings is 1. The number of para-hydroxylation sites is 1.